The molecule has 2 N–H and O–H groups in total. The number of azo groups is 1. The number of rotatable bonds is 3. The van der Waals surface area contributed by atoms with Crippen LogP contribution >= 0.6 is 0 Å². The quantitative estimate of drug-likeness (QED) is 0.648. The molecular formula is C12H12N4O. The molecule has 0 bridgehead atoms. The number of pyridine rings is 1. The number of nitrogens with two attached hydrogens (primary N) is 1. The third-order valence-electron chi connectivity index (χ3n) is 2.13. The lowest BCUT2D eigenvalue weighted by atomic mass is 10.2. The van der Waals surface area contributed by atoms with E-state index in [0.717, 1.165) is 0 Å². The van der Waals surface area contributed by atoms with Crippen LogP contribution in [0.15, 0.2) is 52.8 Å². The van der Waals surface area contributed by atoms with E-state index >= 15 is 0 Å². The first kappa shape index (κ1) is 11.1. The maximum atomic E-state index is 5.70. The molecule has 2 rings (SSSR count). The van der Waals surface area contributed by atoms with Gasteiger partial charge in [-0.25, -0.2) is 4.98 Å². The molecule has 0 spiro atoms. The molecule has 17 heavy (non-hydrogen) atoms. The fourth-order valence-corrected chi connectivity index (χ4v) is 1.28. The molecule has 0 atom stereocenters. The summed E-state index contributed by atoms with van der Waals surface area (Å²) in [6.45, 7) is 0. The van der Waals surface area contributed by atoms with Gasteiger partial charge in [0, 0.05) is 12.3 Å². The highest BCUT2D eigenvalue weighted by Crippen LogP contribution is 2.27. The van der Waals surface area contributed by atoms with Gasteiger partial charge >= 0.3 is 0 Å². The summed E-state index contributed by atoms with van der Waals surface area (Å²) < 4.78 is 5.10. The standard InChI is InChI=1S/C12H12N4O/c1-17-11-8-9(5-6-10(11)13)15-16-12-4-2-3-7-14-12/h2-8H,13H2,1H3. The Morgan fingerprint density at radius 1 is 1.18 bits per heavy atom. The van der Waals surface area contributed by atoms with E-state index in [2.05, 4.69) is 15.2 Å². The van der Waals surface area contributed by atoms with E-state index in [1.165, 1.54) is 0 Å². The number of hydrogen-bond acceptors (Lipinski definition) is 5. The third-order valence-corrected chi connectivity index (χ3v) is 2.13. The van der Waals surface area contributed by atoms with Crippen LogP contribution in [0.25, 0.3) is 0 Å². The molecule has 0 aliphatic carbocycles. The van der Waals surface area contributed by atoms with Crippen molar-refractivity contribution in [2.45, 2.75) is 0 Å². The summed E-state index contributed by atoms with van der Waals surface area (Å²) in [5.74, 6) is 1.14. The lowest BCUT2D eigenvalue weighted by Gasteiger charge is -2.03. The van der Waals surface area contributed by atoms with Gasteiger partial charge in [0.05, 0.1) is 18.5 Å². The van der Waals surface area contributed by atoms with Crippen LogP contribution in [0.2, 0.25) is 0 Å². The fourth-order valence-electron chi connectivity index (χ4n) is 1.28. The number of ether oxygens (including phenoxy) is 1. The SMILES string of the molecule is COc1cc(N=Nc2ccccn2)ccc1N. The first-order chi connectivity index (χ1) is 8.29. The summed E-state index contributed by atoms with van der Waals surface area (Å²) in [6.07, 6.45) is 1.66. The average Bonchev–Trinajstić information content (AvgIpc) is 2.39. The van der Waals surface area contributed by atoms with Crippen molar-refractivity contribution in [2.24, 2.45) is 10.2 Å². The van der Waals surface area contributed by atoms with Crippen molar-refractivity contribution in [3.8, 4) is 5.75 Å². The highest BCUT2D eigenvalue weighted by molar-refractivity contribution is 5.59. The highest BCUT2D eigenvalue weighted by Gasteiger charge is 1.99. The van der Waals surface area contributed by atoms with Crippen LogP contribution in [0.1, 0.15) is 0 Å². The summed E-state index contributed by atoms with van der Waals surface area (Å²) in [7, 11) is 1.56. The number of aromatic nitrogens is 1. The monoisotopic (exact) mass is 228 g/mol. The molecule has 0 amide bonds. The van der Waals surface area contributed by atoms with Crippen molar-refractivity contribution in [3.63, 3.8) is 0 Å². The number of nitrogen functional groups attached to an aromatic ring is 1. The second-order valence-electron chi connectivity index (χ2n) is 3.31. The molecule has 0 fully saturated rings. The molecule has 0 unspecified atom stereocenters. The van der Waals surface area contributed by atoms with Crippen LogP contribution in [0.4, 0.5) is 17.2 Å². The van der Waals surface area contributed by atoms with Crippen LogP contribution in [0.3, 0.4) is 0 Å². The van der Waals surface area contributed by atoms with Gasteiger partial charge in [-0.1, -0.05) is 6.07 Å². The Balaban J connectivity index is 2.22. The average molecular weight is 228 g/mol. The minimum Gasteiger partial charge on any atom is -0.495 e. The maximum Gasteiger partial charge on any atom is 0.174 e. The Morgan fingerprint density at radius 2 is 2.06 bits per heavy atom. The molecule has 1 heterocycles. The Bertz CT molecular complexity index is 525. The molecule has 0 saturated heterocycles. The van der Waals surface area contributed by atoms with Crippen molar-refractivity contribution in [1.29, 1.82) is 0 Å². The lowest BCUT2D eigenvalue weighted by Crippen LogP contribution is -1.90. The second kappa shape index (κ2) is 5.07. The Labute approximate surface area is 99.0 Å². The number of methoxy groups -OCH3 is 1. The predicted octanol–water partition coefficient (Wildman–Crippen LogP) is 3.09. The molecule has 1 aromatic heterocycles. The largest absolute Gasteiger partial charge is 0.495 e. The molecule has 1 aromatic carbocycles. The number of anilines is 1. The van der Waals surface area contributed by atoms with Crippen LogP contribution < -0.4 is 10.5 Å². The number of nitrogens with zero attached hydrogens (tertiary/aromatic N) is 3. The first-order valence-electron chi connectivity index (χ1n) is 5.06. The molecule has 0 aliphatic rings. The van der Waals surface area contributed by atoms with E-state index in [9.17, 15) is 0 Å². The molecule has 0 radical (unpaired) electrons. The Morgan fingerprint density at radius 3 is 2.76 bits per heavy atom. The summed E-state index contributed by atoms with van der Waals surface area (Å²) in [5, 5.41) is 8.05. The van der Waals surface area contributed by atoms with Gasteiger partial charge in [0.1, 0.15) is 5.75 Å². The first-order valence-corrected chi connectivity index (χ1v) is 5.06. The highest BCUT2D eigenvalue weighted by atomic mass is 16.5. The van der Waals surface area contributed by atoms with E-state index < -0.39 is 0 Å². The number of benzene rings is 1. The van der Waals surface area contributed by atoms with Gasteiger partial charge in [0.2, 0.25) is 0 Å². The van der Waals surface area contributed by atoms with Gasteiger partial charge < -0.3 is 10.5 Å². The third kappa shape index (κ3) is 2.78. The van der Waals surface area contributed by atoms with Crippen LogP contribution in [-0.2, 0) is 0 Å². The maximum absolute atomic E-state index is 5.70. The van der Waals surface area contributed by atoms with Crippen molar-refractivity contribution >= 4 is 17.2 Å². The van der Waals surface area contributed by atoms with Gasteiger partial charge in [-0.3, -0.25) is 0 Å². The zero-order valence-corrected chi connectivity index (χ0v) is 9.37. The molecular weight excluding hydrogens is 216 g/mol. The van der Waals surface area contributed by atoms with Gasteiger partial charge in [0.25, 0.3) is 0 Å². The van der Waals surface area contributed by atoms with Crippen molar-refractivity contribution < 1.29 is 4.74 Å². The van der Waals surface area contributed by atoms with Crippen molar-refractivity contribution in [3.05, 3.63) is 42.6 Å². The van der Waals surface area contributed by atoms with E-state index in [-0.39, 0.29) is 0 Å². The summed E-state index contributed by atoms with van der Waals surface area (Å²) in [5.41, 5.74) is 6.94. The zero-order valence-electron chi connectivity index (χ0n) is 9.37. The van der Waals surface area contributed by atoms with E-state index in [4.69, 9.17) is 10.5 Å². The molecule has 0 saturated carbocycles. The van der Waals surface area contributed by atoms with Crippen molar-refractivity contribution in [2.75, 3.05) is 12.8 Å². The molecule has 5 nitrogen and oxygen atoms in total. The zero-order chi connectivity index (χ0) is 12.1. The second-order valence-corrected chi connectivity index (χ2v) is 3.31. The smallest absolute Gasteiger partial charge is 0.174 e. The van der Waals surface area contributed by atoms with Gasteiger partial charge in [0.15, 0.2) is 5.82 Å². The van der Waals surface area contributed by atoms with Gasteiger partial charge in [-0.2, -0.15) is 0 Å². The van der Waals surface area contributed by atoms with E-state index in [0.29, 0.717) is 22.9 Å². The van der Waals surface area contributed by atoms with E-state index in [1.54, 1.807) is 37.6 Å². The molecule has 2 aromatic rings. The van der Waals surface area contributed by atoms with Crippen molar-refractivity contribution in [1.82, 2.24) is 4.98 Å². The normalized spacial score (nSPS) is 10.6. The minimum absolute atomic E-state index is 0.559. The molecule has 0 aliphatic heterocycles. The van der Waals surface area contributed by atoms with Crippen LogP contribution in [0, 0.1) is 0 Å². The van der Waals surface area contributed by atoms with Gasteiger partial charge in [-0.15, -0.1) is 10.2 Å². The number of hydrogen-bond donors (Lipinski definition) is 1. The molecule has 86 valence electrons. The predicted molar refractivity (Wildman–Crippen MR) is 65.8 cm³/mol. The topological polar surface area (TPSA) is 72.9 Å². The molecule has 5 heteroatoms. The Hall–Kier alpha value is -2.43. The summed E-state index contributed by atoms with van der Waals surface area (Å²) in [6, 6.07) is 10.7. The summed E-state index contributed by atoms with van der Waals surface area (Å²) in [4.78, 5) is 4.04. The van der Waals surface area contributed by atoms with E-state index in [1.807, 2.05) is 12.1 Å². The summed E-state index contributed by atoms with van der Waals surface area (Å²) >= 11 is 0. The van der Waals surface area contributed by atoms with Gasteiger partial charge in [-0.05, 0) is 24.3 Å². The Kier molecular flexibility index (Phi) is 3.30. The fraction of sp³-hybridized carbons (Fsp3) is 0.0833. The minimum atomic E-state index is 0.559. The van der Waals surface area contributed by atoms with Crippen LogP contribution in [0.5, 0.6) is 5.75 Å². The lowest BCUT2D eigenvalue weighted by molar-refractivity contribution is 0.417. The van der Waals surface area contributed by atoms with Crippen LogP contribution in [-0.4, -0.2) is 12.1 Å².